The fraction of sp³-hybridized carbons (Fsp3) is 0.867. The molecule has 2 nitrogen and oxygen atoms in total. The number of aliphatic hydroxyl groups is 2. The van der Waals surface area contributed by atoms with Crippen LogP contribution in [0.15, 0.2) is 11.6 Å². The normalized spacial score (nSPS) is 46.6. The molecule has 0 heterocycles. The molecular weight excluding hydrogens is 212 g/mol. The Labute approximate surface area is 105 Å². The van der Waals surface area contributed by atoms with Gasteiger partial charge in [0.15, 0.2) is 0 Å². The third kappa shape index (κ3) is 1.96. The molecule has 2 aliphatic rings. The van der Waals surface area contributed by atoms with Gasteiger partial charge in [0.1, 0.15) is 0 Å². The molecule has 0 amide bonds. The highest BCUT2D eigenvalue weighted by molar-refractivity contribution is 5.20. The fourth-order valence-electron chi connectivity index (χ4n) is 4.03. The predicted molar refractivity (Wildman–Crippen MR) is 69.5 cm³/mol. The summed E-state index contributed by atoms with van der Waals surface area (Å²) in [5, 5.41) is 20.9. The van der Waals surface area contributed by atoms with Gasteiger partial charge in [-0.1, -0.05) is 32.4 Å². The van der Waals surface area contributed by atoms with Crippen LogP contribution >= 0.6 is 0 Å². The van der Waals surface area contributed by atoms with Gasteiger partial charge in [-0.15, -0.1) is 0 Å². The minimum absolute atomic E-state index is 0.121. The van der Waals surface area contributed by atoms with Gasteiger partial charge in [-0.2, -0.15) is 0 Å². The van der Waals surface area contributed by atoms with E-state index in [1.807, 2.05) is 0 Å². The van der Waals surface area contributed by atoms with Crippen LogP contribution in [0.2, 0.25) is 0 Å². The zero-order valence-electron chi connectivity index (χ0n) is 11.5. The van der Waals surface area contributed by atoms with Gasteiger partial charge in [0.25, 0.3) is 0 Å². The minimum atomic E-state index is -0.293. The van der Waals surface area contributed by atoms with Crippen LogP contribution in [0.25, 0.3) is 0 Å². The van der Waals surface area contributed by atoms with E-state index in [1.54, 1.807) is 0 Å². The van der Waals surface area contributed by atoms with Crippen molar-refractivity contribution in [3.05, 3.63) is 11.6 Å². The van der Waals surface area contributed by atoms with Crippen molar-refractivity contribution in [2.45, 2.75) is 59.2 Å². The van der Waals surface area contributed by atoms with Crippen LogP contribution in [0, 0.1) is 23.2 Å². The molecular formula is C15H26O2. The zero-order valence-corrected chi connectivity index (χ0v) is 11.5. The molecule has 0 radical (unpaired) electrons. The highest BCUT2D eigenvalue weighted by atomic mass is 16.3. The quantitative estimate of drug-likeness (QED) is 0.690. The molecule has 5 atom stereocenters. The molecule has 0 aromatic rings. The van der Waals surface area contributed by atoms with E-state index in [1.165, 1.54) is 5.57 Å². The molecule has 2 aliphatic carbocycles. The van der Waals surface area contributed by atoms with Crippen LogP contribution in [-0.2, 0) is 0 Å². The first-order valence-electron chi connectivity index (χ1n) is 6.90. The van der Waals surface area contributed by atoms with E-state index >= 15 is 0 Å². The molecule has 0 aromatic heterocycles. The zero-order chi connectivity index (χ0) is 12.8. The van der Waals surface area contributed by atoms with E-state index in [-0.39, 0.29) is 23.5 Å². The van der Waals surface area contributed by atoms with Crippen LogP contribution in [-0.4, -0.2) is 22.4 Å². The summed E-state index contributed by atoms with van der Waals surface area (Å²) in [6, 6.07) is 0. The molecule has 0 aliphatic heterocycles. The van der Waals surface area contributed by atoms with E-state index in [9.17, 15) is 10.2 Å². The molecule has 0 saturated heterocycles. The maximum Gasteiger partial charge on any atom is 0.0642 e. The first kappa shape index (κ1) is 13.1. The maximum absolute atomic E-state index is 10.6. The summed E-state index contributed by atoms with van der Waals surface area (Å²) in [6.07, 6.45) is 4.35. The van der Waals surface area contributed by atoms with Gasteiger partial charge in [-0.05, 0) is 38.0 Å². The standard InChI is InChI=1S/C15H26O2/c1-9(2)11-7-8-15(4)12(16)6-5-10(3)13(15)14(11)17/h5,9,11-14,16-17H,6-8H2,1-4H3/t11-,12-,13-,14-,15+/m1/s1. The SMILES string of the molecule is CC1=CC[C@@H](O)[C@]2(C)CC[C@H](C(C)C)[C@@H](O)[C@@H]12. The lowest BCUT2D eigenvalue weighted by Gasteiger charge is -2.53. The fourth-order valence-corrected chi connectivity index (χ4v) is 4.03. The van der Waals surface area contributed by atoms with Gasteiger partial charge in [-0.3, -0.25) is 0 Å². The lowest BCUT2D eigenvalue weighted by atomic mass is 9.54. The highest BCUT2D eigenvalue weighted by Crippen LogP contribution is 2.53. The topological polar surface area (TPSA) is 40.5 Å². The number of hydrogen-bond donors (Lipinski definition) is 2. The molecule has 0 aromatic carbocycles. The average molecular weight is 238 g/mol. The third-order valence-corrected chi connectivity index (χ3v) is 5.28. The van der Waals surface area contributed by atoms with Crippen molar-refractivity contribution in [2.75, 3.05) is 0 Å². The Morgan fingerprint density at radius 3 is 2.59 bits per heavy atom. The van der Waals surface area contributed by atoms with E-state index in [0.29, 0.717) is 11.8 Å². The number of aliphatic hydroxyl groups excluding tert-OH is 2. The van der Waals surface area contributed by atoms with Crippen LogP contribution in [0.3, 0.4) is 0 Å². The van der Waals surface area contributed by atoms with Crippen molar-refractivity contribution in [1.82, 2.24) is 0 Å². The summed E-state index contributed by atoms with van der Waals surface area (Å²) in [4.78, 5) is 0. The van der Waals surface area contributed by atoms with Crippen LogP contribution in [0.1, 0.15) is 47.0 Å². The van der Waals surface area contributed by atoms with Crippen molar-refractivity contribution in [3.8, 4) is 0 Å². The van der Waals surface area contributed by atoms with Crippen molar-refractivity contribution in [3.63, 3.8) is 0 Å². The van der Waals surface area contributed by atoms with Gasteiger partial charge >= 0.3 is 0 Å². The summed E-state index contributed by atoms with van der Waals surface area (Å²) < 4.78 is 0. The Morgan fingerprint density at radius 1 is 1.35 bits per heavy atom. The maximum atomic E-state index is 10.6. The smallest absolute Gasteiger partial charge is 0.0642 e. The van der Waals surface area contributed by atoms with Crippen molar-refractivity contribution in [1.29, 1.82) is 0 Å². The van der Waals surface area contributed by atoms with E-state index in [2.05, 4.69) is 33.8 Å². The van der Waals surface area contributed by atoms with Crippen LogP contribution in [0.4, 0.5) is 0 Å². The second-order valence-corrected chi connectivity index (χ2v) is 6.62. The lowest BCUT2D eigenvalue weighted by Crippen LogP contribution is -2.53. The molecule has 1 fully saturated rings. The van der Waals surface area contributed by atoms with E-state index in [4.69, 9.17) is 0 Å². The Hall–Kier alpha value is -0.340. The second kappa shape index (κ2) is 4.40. The third-order valence-electron chi connectivity index (χ3n) is 5.28. The Morgan fingerprint density at radius 2 is 2.00 bits per heavy atom. The van der Waals surface area contributed by atoms with Crippen LogP contribution in [0.5, 0.6) is 0 Å². The summed E-state index contributed by atoms with van der Waals surface area (Å²) >= 11 is 0. The second-order valence-electron chi connectivity index (χ2n) is 6.62. The van der Waals surface area contributed by atoms with Gasteiger partial charge in [0.05, 0.1) is 12.2 Å². The number of hydrogen-bond acceptors (Lipinski definition) is 2. The van der Waals surface area contributed by atoms with Crippen molar-refractivity contribution >= 4 is 0 Å². The lowest BCUT2D eigenvalue weighted by molar-refractivity contribution is -0.111. The number of rotatable bonds is 1. The Kier molecular flexibility index (Phi) is 3.39. The molecule has 0 unspecified atom stereocenters. The summed E-state index contributed by atoms with van der Waals surface area (Å²) in [5.41, 5.74) is 1.15. The summed E-state index contributed by atoms with van der Waals surface area (Å²) in [6.45, 7) is 8.64. The Balaban J connectivity index is 2.33. The minimum Gasteiger partial charge on any atom is -0.392 e. The van der Waals surface area contributed by atoms with E-state index in [0.717, 1.165) is 19.3 Å². The molecule has 2 rings (SSSR count). The molecule has 17 heavy (non-hydrogen) atoms. The molecule has 1 saturated carbocycles. The van der Waals surface area contributed by atoms with Gasteiger partial charge in [0, 0.05) is 11.3 Å². The Bertz CT molecular complexity index is 321. The molecule has 0 spiro atoms. The molecule has 98 valence electrons. The monoisotopic (exact) mass is 238 g/mol. The molecule has 0 bridgehead atoms. The summed E-state index contributed by atoms with van der Waals surface area (Å²) in [5.74, 6) is 1.04. The largest absolute Gasteiger partial charge is 0.392 e. The highest BCUT2D eigenvalue weighted by Gasteiger charge is 2.51. The average Bonchev–Trinajstić information content (AvgIpc) is 2.23. The predicted octanol–water partition coefficient (Wildman–Crippen LogP) is 2.75. The first-order chi connectivity index (χ1) is 7.88. The number of fused-ring (bicyclic) bond motifs is 1. The van der Waals surface area contributed by atoms with Crippen molar-refractivity contribution in [2.24, 2.45) is 23.2 Å². The summed E-state index contributed by atoms with van der Waals surface area (Å²) in [7, 11) is 0. The van der Waals surface area contributed by atoms with Gasteiger partial charge in [-0.25, -0.2) is 0 Å². The molecule has 2 heteroatoms. The first-order valence-corrected chi connectivity index (χ1v) is 6.90. The van der Waals surface area contributed by atoms with Crippen molar-refractivity contribution < 1.29 is 10.2 Å². The van der Waals surface area contributed by atoms with Crippen LogP contribution < -0.4 is 0 Å². The van der Waals surface area contributed by atoms with E-state index < -0.39 is 0 Å². The van der Waals surface area contributed by atoms with Gasteiger partial charge in [0.2, 0.25) is 0 Å². The molecule has 2 N–H and O–H groups in total. The van der Waals surface area contributed by atoms with Gasteiger partial charge < -0.3 is 10.2 Å².